The van der Waals surface area contributed by atoms with E-state index in [0.717, 1.165) is 24.6 Å². The van der Waals surface area contributed by atoms with E-state index in [0.29, 0.717) is 0 Å². The molecule has 68 valence electrons. The Morgan fingerprint density at radius 1 is 1.00 bits per heavy atom. The summed E-state index contributed by atoms with van der Waals surface area (Å²) in [6.07, 6.45) is 0. The molecule has 0 bridgehead atoms. The van der Waals surface area contributed by atoms with Crippen LogP contribution in [-0.4, -0.2) is 40.2 Å². The van der Waals surface area contributed by atoms with Crippen molar-refractivity contribution in [2.24, 2.45) is 11.5 Å². The fourth-order valence-electron chi connectivity index (χ4n) is 0.651. The van der Waals surface area contributed by atoms with Gasteiger partial charge in [0.05, 0.1) is 0 Å². The summed E-state index contributed by atoms with van der Waals surface area (Å²) in [5, 5.41) is 0. The SMILES string of the molecule is [CH3][Sn]([CH3])([S]CCN)[S]CCN. The minimum absolute atomic E-state index is 0.814. The van der Waals surface area contributed by atoms with Crippen molar-refractivity contribution >= 4 is 33.5 Å². The first-order valence-corrected chi connectivity index (χ1v) is 18.5. The number of rotatable bonds is 6. The van der Waals surface area contributed by atoms with Crippen LogP contribution in [-0.2, 0) is 0 Å². The van der Waals surface area contributed by atoms with Gasteiger partial charge in [0, 0.05) is 0 Å². The Balaban J connectivity index is 3.43. The monoisotopic (exact) mass is 302 g/mol. The van der Waals surface area contributed by atoms with Gasteiger partial charge in [0.25, 0.3) is 0 Å². The van der Waals surface area contributed by atoms with Gasteiger partial charge in [-0.25, -0.2) is 0 Å². The zero-order valence-corrected chi connectivity index (χ0v) is 11.8. The third-order valence-electron chi connectivity index (χ3n) is 1.14. The van der Waals surface area contributed by atoms with Crippen molar-refractivity contribution in [3.63, 3.8) is 0 Å². The third-order valence-corrected chi connectivity index (χ3v) is 23.5. The first-order valence-electron chi connectivity index (χ1n) is 3.80. The van der Waals surface area contributed by atoms with E-state index in [1.165, 1.54) is 0 Å². The summed E-state index contributed by atoms with van der Waals surface area (Å²) in [6, 6.07) is 0. The zero-order chi connectivity index (χ0) is 8.74. The van der Waals surface area contributed by atoms with E-state index in [1.54, 1.807) is 0 Å². The van der Waals surface area contributed by atoms with Gasteiger partial charge in [0.2, 0.25) is 0 Å². The fraction of sp³-hybridized carbons (Fsp3) is 1.00. The molecule has 2 nitrogen and oxygen atoms in total. The van der Waals surface area contributed by atoms with E-state index in [1.807, 2.05) is 0 Å². The molecule has 0 aliphatic carbocycles. The molecule has 0 fully saturated rings. The van der Waals surface area contributed by atoms with E-state index < -0.39 is 15.6 Å². The minimum atomic E-state index is -1.76. The van der Waals surface area contributed by atoms with Crippen LogP contribution in [0, 0.1) is 0 Å². The molecular weight excluding hydrogens is 283 g/mol. The van der Waals surface area contributed by atoms with Crippen LogP contribution >= 0.6 is 17.9 Å². The molecule has 0 aromatic carbocycles. The Labute approximate surface area is 79.0 Å². The van der Waals surface area contributed by atoms with Crippen LogP contribution in [0.5, 0.6) is 0 Å². The van der Waals surface area contributed by atoms with Crippen molar-refractivity contribution in [1.82, 2.24) is 0 Å². The van der Waals surface area contributed by atoms with Gasteiger partial charge in [-0.1, -0.05) is 0 Å². The normalized spacial score (nSPS) is 12.0. The standard InChI is InChI=1S/2C2H7NS.2CH3.Sn/c2*3-1-2-4;;;/h2*4H,1-3H2;2*1H3;/q;;;;+2/p-2. The van der Waals surface area contributed by atoms with Crippen molar-refractivity contribution in [2.45, 2.75) is 9.88 Å². The Morgan fingerprint density at radius 2 is 1.36 bits per heavy atom. The van der Waals surface area contributed by atoms with Crippen molar-refractivity contribution in [2.75, 3.05) is 24.6 Å². The average Bonchev–Trinajstić information content (AvgIpc) is 1.97. The van der Waals surface area contributed by atoms with Gasteiger partial charge in [-0.2, -0.15) is 0 Å². The van der Waals surface area contributed by atoms with E-state index in [9.17, 15) is 0 Å². The first kappa shape index (κ1) is 12.4. The van der Waals surface area contributed by atoms with Crippen LogP contribution in [0.25, 0.3) is 0 Å². The topological polar surface area (TPSA) is 52.0 Å². The van der Waals surface area contributed by atoms with Crippen molar-refractivity contribution in [3.8, 4) is 0 Å². The second-order valence-electron chi connectivity index (χ2n) is 2.67. The molecule has 4 N–H and O–H groups in total. The van der Waals surface area contributed by atoms with Crippen LogP contribution in [0.3, 0.4) is 0 Å². The van der Waals surface area contributed by atoms with Gasteiger partial charge in [-0.3, -0.25) is 0 Å². The Kier molecular flexibility index (Phi) is 7.77. The van der Waals surface area contributed by atoms with Gasteiger partial charge < -0.3 is 0 Å². The second kappa shape index (κ2) is 6.88. The summed E-state index contributed by atoms with van der Waals surface area (Å²) < 4.78 is 0. The Morgan fingerprint density at radius 3 is 1.64 bits per heavy atom. The molecular formula is C6H18N2S2Sn. The Hall–Kier alpha value is 1.42. The molecule has 0 spiro atoms. The van der Waals surface area contributed by atoms with Crippen LogP contribution in [0.2, 0.25) is 9.88 Å². The summed E-state index contributed by atoms with van der Waals surface area (Å²) in [5.74, 6) is 2.25. The van der Waals surface area contributed by atoms with E-state index in [4.69, 9.17) is 11.5 Å². The van der Waals surface area contributed by atoms with Crippen LogP contribution in [0.4, 0.5) is 0 Å². The second-order valence-corrected chi connectivity index (χ2v) is 32.4. The summed E-state index contributed by atoms with van der Waals surface area (Å²) in [5.41, 5.74) is 10.9. The van der Waals surface area contributed by atoms with Gasteiger partial charge in [0.1, 0.15) is 0 Å². The molecule has 0 unspecified atom stereocenters. The van der Waals surface area contributed by atoms with Gasteiger partial charge >= 0.3 is 79.4 Å². The van der Waals surface area contributed by atoms with E-state index in [2.05, 4.69) is 27.8 Å². The molecule has 0 atom stereocenters. The molecule has 0 rings (SSSR count). The fourth-order valence-corrected chi connectivity index (χ4v) is 18.1. The first-order chi connectivity index (χ1) is 5.12. The quantitative estimate of drug-likeness (QED) is 0.721. The van der Waals surface area contributed by atoms with Gasteiger partial charge in [-0.15, -0.1) is 0 Å². The summed E-state index contributed by atoms with van der Waals surface area (Å²) >= 11 is -1.76. The molecule has 5 heteroatoms. The van der Waals surface area contributed by atoms with Crippen LogP contribution in [0.1, 0.15) is 0 Å². The molecule has 0 aromatic heterocycles. The average molecular weight is 301 g/mol. The Bertz CT molecular complexity index is 90.6. The van der Waals surface area contributed by atoms with Gasteiger partial charge in [0.15, 0.2) is 0 Å². The number of hydrogen-bond donors (Lipinski definition) is 2. The maximum absolute atomic E-state index is 5.44. The molecule has 0 aromatic rings. The van der Waals surface area contributed by atoms with Crippen molar-refractivity contribution in [3.05, 3.63) is 0 Å². The summed E-state index contributed by atoms with van der Waals surface area (Å²) in [4.78, 5) is 4.85. The molecule has 0 aliphatic rings. The molecule has 0 aliphatic heterocycles. The molecule has 0 saturated carbocycles. The number of nitrogens with two attached hydrogens (primary N) is 2. The molecule has 11 heavy (non-hydrogen) atoms. The zero-order valence-electron chi connectivity index (χ0n) is 7.30. The van der Waals surface area contributed by atoms with Crippen LogP contribution < -0.4 is 11.5 Å². The maximum atomic E-state index is 5.44. The van der Waals surface area contributed by atoms with Crippen molar-refractivity contribution in [1.29, 1.82) is 0 Å². The predicted octanol–water partition coefficient (Wildman–Crippen LogP) is 1.07. The third kappa shape index (κ3) is 7.77. The summed E-state index contributed by atoms with van der Waals surface area (Å²) in [7, 11) is 4.22. The number of hydrogen-bond acceptors (Lipinski definition) is 4. The summed E-state index contributed by atoms with van der Waals surface area (Å²) in [6.45, 7) is 1.63. The predicted molar refractivity (Wildman–Crippen MR) is 60.5 cm³/mol. The molecule has 0 amide bonds. The van der Waals surface area contributed by atoms with Crippen molar-refractivity contribution < 1.29 is 0 Å². The molecule has 0 radical (unpaired) electrons. The van der Waals surface area contributed by atoms with Gasteiger partial charge in [-0.05, 0) is 0 Å². The molecule has 0 heterocycles. The van der Waals surface area contributed by atoms with E-state index >= 15 is 0 Å². The molecule has 0 saturated heterocycles. The van der Waals surface area contributed by atoms with Crippen LogP contribution in [0.15, 0.2) is 0 Å². The van der Waals surface area contributed by atoms with E-state index in [-0.39, 0.29) is 0 Å².